The van der Waals surface area contributed by atoms with E-state index in [2.05, 4.69) is 5.32 Å². The predicted octanol–water partition coefficient (Wildman–Crippen LogP) is -0.0231. The van der Waals surface area contributed by atoms with Crippen molar-refractivity contribution < 1.29 is 10.2 Å². The summed E-state index contributed by atoms with van der Waals surface area (Å²) in [5, 5.41) is 19.7. The second-order valence-corrected chi connectivity index (χ2v) is 1.90. The molecule has 0 atom stereocenters. The number of aliphatic hydroxyl groups is 2. The second-order valence-electron chi connectivity index (χ2n) is 1.90. The molecule has 0 saturated heterocycles. The maximum Gasteiger partial charge on any atom is 0.0443 e. The fourth-order valence-corrected chi connectivity index (χ4v) is 0.533. The van der Waals surface area contributed by atoms with E-state index in [0.29, 0.717) is 0 Å². The summed E-state index contributed by atoms with van der Waals surface area (Å²) >= 11 is 0. The number of hydrogen-bond acceptors (Lipinski definition) is 3. The third-order valence-corrected chi connectivity index (χ3v) is 1.02. The smallest absolute Gasteiger partial charge is 0.0443 e. The van der Waals surface area contributed by atoms with Crippen LogP contribution >= 0.6 is 0 Å². The Morgan fingerprint density at radius 2 is 1.30 bits per heavy atom. The minimum Gasteiger partial charge on any atom is -0.396 e. The third kappa shape index (κ3) is 10.8. The zero-order chi connectivity index (χ0) is 6.95. The Labute approximate surface area is 63.1 Å². The molecular weight excluding hydrogens is 130 g/mol. The molecule has 0 radical (unpaired) electrons. The maximum atomic E-state index is 8.33. The van der Waals surface area contributed by atoms with Crippen LogP contribution in [0, 0.1) is 0 Å². The van der Waals surface area contributed by atoms with E-state index in [1.807, 2.05) is 0 Å². The molecule has 0 aromatic rings. The SMILES string of the molecule is C.OCCCNCCCO. The fraction of sp³-hybridized carbons (Fsp3) is 1.00. The van der Waals surface area contributed by atoms with Crippen molar-refractivity contribution in [2.75, 3.05) is 26.3 Å². The first kappa shape index (κ1) is 12.5. The zero-order valence-electron chi connectivity index (χ0n) is 5.64. The van der Waals surface area contributed by atoms with Gasteiger partial charge in [0.1, 0.15) is 0 Å². The highest BCUT2D eigenvalue weighted by Crippen LogP contribution is 1.74. The molecule has 0 unspecified atom stereocenters. The van der Waals surface area contributed by atoms with Crippen LogP contribution in [0.1, 0.15) is 20.3 Å². The first-order valence-corrected chi connectivity index (χ1v) is 3.34. The van der Waals surface area contributed by atoms with Gasteiger partial charge in [0, 0.05) is 13.2 Å². The number of aliphatic hydroxyl groups excluding tert-OH is 2. The molecule has 0 rings (SSSR count). The van der Waals surface area contributed by atoms with Crippen molar-refractivity contribution in [3.63, 3.8) is 0 Å². The summed E-state index contributed by atoms with van der Waals surface area (Å²) in [6.07, 6.45) is 1.59. The van der Waals surface area contributed by atoms with Gasteiger partial charge in [-0.3, -0.25) is 0 Å². The molecule has 0 amide bonds. The van der Waals surface area contributed by atoms with Crippen molar-refractivity contribution in [3.8, 4) is 0 Å². The third-order valence-electron chi connectivity index (χ3n) is 1.02. The highest BCUT2D eigenvalue weighted by atomic mass is 16.3. The van der Waals surface area contributed by atoms with Gasteiger partial charge in [0.05, 0.1) is 0 Å². The average molecular weight is 149 g/mol. The quantitative estimate of drug-likeness (QED) is 0.465. The van der Waals surface area contributed by atoms with E-state index >= 15 is 0 Å². The summed E-state index contributed by atoms with van der Waals surface area (Å²) in [5.41, 5.74) is 0. The van der Waals surface area contributed by atoms with Gasteiger partial charge in [0.25, 0.3) is 0 Å². The van der Waals surface area contributed by atoms with E-state index in [1.54, 1.807) is 0 Å². The average Bonchev–Trinajstić information content (AvgIpc) is 1.89. The molecule has 3 N–H and O–H groups in total. The molecular formula is C7H19NO2. The van der Waals surface area contributed by atoms with Crippen LogP contribution in [-0.4, -0.2) is 36.5 Å². The molecule has 0 spiro atoms. The van der Waals surface area contributed by atoms with Crippen LogP contribution < -0.4 is 5.32 Å². The summed E-state index contributed by atoms with van der Waals surface area (Å²) in [6.45, 7) is 2.17. The molecule has 0 aromatic heterocycles. The minimum absolute atomic E-state index is 0. The van der Waals surface area contributed by atoms with Crippen LogP contribution in [0.25, 0.3) is 0 Å². The number of nitrogens with one attached hydrogen (secondary N) is 1. The Morgan fingerprint density at radius 3 is 1.60 bits per heavy atom. The lowest BCUT2D eigenvalue weighted by Gasteiger charge is -1.99. The highest BCUT2D eigenvalue weighted by Gasteiger charge is 1.84. The van der Waals surface area contributed by atoms with Crippen LogP contribution in [0.15, 0.2) is 0 Å². The fourth-order valence-electron chi connectivity index (χ4n) is 0.533. The van der Waals surface area contributed by atoms with E-state index in [0.717, 1.165) is 25.9 Å². The van der Waals surface area contributed by atoms with E-state index < -0.39 is 0 Å². The van der Waals surface area contributed by atoms with Gasteiger partial charge < -0.3 is 15.5 Å². The van der Waals surface area contributed by atoms with Crippen LogP contribution in [0.5, 0.6) is 0 Å². The van der Waals surface area contributed by atoms with Gasteiger partial charge in [-0.05, 0) is 25.9 Å². The van der Waals surface area contributed by atoms with Crippen molar-refractivity contribution >= 4 is 0 Å². The molecule has 0 aliphatic heterocycles. The molecule has 0 saturated carbocycles. The van der Waals surface area contributed by atoms with Crippen molar-refractivity contribution in [2.24, 2.45) is 0 Å². The van der Waals surface area contributed by atoms with Crippen molar-refractivity contribution in [2.45, 2.75) is 20.3 Å². The summed E-state index contributed by atoms with van der Waals surface area (Å²) < 4.78 is 0. The molecule has 0 bridgehead atoms. The maximum absolute atomic E-state index is 8.33. The molecule has 3 heteroatoms. The lowest BCUT2D eigenvalue weighted by molar-refractivity contribution is 0.276. The topological polar surface area (TPSA) is 52.5 Å². The summed E-state index contributed by atoms with van der Waals surface area (Å²) in [6, 6.07) is 0. The Hall–Kier alpha value is -0.120. The monoisotopic (exact) mass is 149 g/mol. The first-order valence-electron chi connectivity index (χ1n) is 3.34. The van der Waals surface area contributed by atoms with Gasteiger partial charge in [0.15, 0.2) is 0 Å². The predicted molar refractivity (Wildman–Crippen MR) is 43.0 cm³/mol. The Balaban J connectivity index is 0. The van der Waals surface area contributed by atoms with E-state index in [-0.39, 0.29) is 20.6 Å². The molecule has 0 fully saturated rings. The molecule has 0 aliphatic rings. The summed E-state index contributed by atoms with van der Waals surface area (Å²) in [5.74, 6) is 0. The Kier molecular flexibility index (Phi) is 14.6. The molecule has 3 nitrogen and oxygen atoms in total. The largest absolute Gasteiger partial charge is 0.396 e. The van der Waals surface area contributed by atoms with Crippen molar-refractivity contribution in [3.05, 3.63) is 0 Å². The van der Waals surface area contributed by atoms with Gasteiger partial charge in [-0.25, -0.2) is 0 Å². The summed E-state index contributed by atoms with van der Waals surface area (Å²) in [7, 11) is 0. The molecule has 10 heavy (non-hydrogen) atoms. The van der Waals surface area contributed by atoms with Crippen LogP contribution in [0.2, 0.25) is 0 Å². The number of hydrogen-bond donors (Lipinski definition) is 3. The molecule has 64 valence electrons. The lowest BCUT2D eigenvalue weighted by atomic mass is 10.4. The van der Waals surface area contributed by atoms with Gasteiger partial charge >= 0.3 is 0 Å². The second kappa shape index (κ2) is 11.6. The first-order chi connectivity index (χ1) is 4.41. The molecule has 0 aromatic carbocycles. The standard InChI is InChI=1S/C6H15NO2.CH4/c8-5-1-3-7-4-2-6-9;/h7-9H,1-6H2;1H4. The van der Waals surface area contributed by atoms with Crippen molar-refractivity contribution in [1.82, 2.24) is 5.32 Å². The van der Waals surface area contributed by atoms with E-state index in [9.17, 15) is 0 Å². The number of rotatable bonds is 6. The van der Waals surface area contributed by atoms with Gasteiger partial charge in [0.2, 0.25) is 0 Å². The van der Waals surface area contributed by atoms with E-state index in [1.165, 1.54) is 0 Å². The van der Waals surface area contributed by atoms with Crippen molar-refractivity contribution in [1.29, 1.82) is 0 Å². The Morgan fingerprint density at radius 1 is 0.900 bits per heavy atom. The van der Waals surface area contributed by atoms with E-state index in [4.69, 9.17) is 10.2 Å². The lowest BCUT2D eigenvalue weighted by Crippen LogP contribution is -2.18. The Bertz CT molecular complexity index is 44.9. The van der Waals surface area contributed by atoms with Gasteiger partial charge in [-0.2, -0.15) is 0 Å². The van der Waals surface area contributed by atoms with Crippen LogP contribution in [0.3, 0.4) is 0 Å². The zero-order valence-corrected chi connectivity index (χ0v) is 5.64. The van der Waals surface area contributed by atoms with Crippen LogP contribution in [-0.2, 0) is 0 Å². The minimum atomic E-state index is 0. The van der Waals surface area contributed by atoms with Gasteiger partial charge in [-0.15, -0.1) is 0 Å². The summed E-state index contributed by atoms with van der Waals surface area (Å²) in [4.78, 5) is 0. The normalized spacial score (nSPS) is 9.00. The molecule has 0 aliphatic carbocycles. The van der Waals surface area contributed by atoms with Crippen LogP contribution in [0.4, 0.5) is 0 Å². The highest BCUT2D eigenvalue weighted by molar-refractivity contribution is 4.45. The van der Waals surface area contributed by atoms with Gasteiger partial charge in [-0.1, -0.05) is 7.43 Å². The molecule has 0 heterocycles.